The van der Waals surface area contributed by atoms with E-state index in [0.717, 1.165) is 34.9 Å². The number of likely N-dealkylation sites (tertiary alicyclic amines) is 1. The van der Waals surface area contributed by atoms with Gasteiger partial charge in [0.2, 0.25) is 4.87 Å². The average molecular weight is 408 g/mol. The van der Waals surface area contributed by atoms with E-state index in [4.69, 9.17) is 0 Å². The molecule has 0 saturated carbocycles. The summed E-state index contributed by atoms with van der Waals surface area (Å²) in [5.41, 5.74) is 7.53. The van der Waals surface area contributed by atoms with Crippen molar-refractivity contribution < 1.29 is 9.69 Å². The first-order valence-electron chi connectivity index (χ1n) is 10.5. The van der Waals surface area contributed by atoms with E-state index in [1.807, 2.05) is 17.0 Å². The molecule has 6 heteroatoms. The highest BCUT2D eigenvalue weighted by Crippen LogP contribution is 2.50. The summed E-state index contributed by atoms with van der Waals surface area (Å²) in [5, 5.41) is 5.45. The van der Waals surface area contributed by atoms with Crippen LogP contribution in [-0.2, 0) is 9.67 Å². The van der Waals surface area contributed by atoms with Gasteiger partial charge in [0.05, 0.1) is 31.9 Å². The second-order valence-corrected chi connectivity index (χ2v) is 9.42. The SMILES string of the molecule is Cc1ccc(C2=NN[C@@]3(S2)C(=O)N(CC[NH+]2CCCCC2)c2ccccc23)cc1. The Morgan fingerprint density at radius 2 is 1.86 bits per heavy atom. The van der Waals surface area contributed by atoms with Crippen molar-refractivity contribution >= 4 is 28.4 Å². The Hall–Kier alpha value is -2.31. The highest BCUT2D eigenvalue weighted by atomic mass is 32.2. The van der Waals surface area contributed by atoms with Gasteiger partial charge in [-0.15, -0.1) is 0 Å². The molecule has 150 valence electrons. The molecule has 2 aromatic carbocycles. The first kappa shape index (κ1) is 18.7. The van der Waals surface area contributed by atoms with E-state index < -0.39 is 4.87 Å². The summed E-state index contributed by atoms with van der Waals surface area (Å²) in [6.45, 7) is 6.29. The predicted octanol–water partition coefficient (Wildman–Crippen LogP) is 2.26. The standard InChI is InChI=1S/C23H26N4OS/c1-17-9-11-18(12-10-17)21-24-25-23(29-21)19-7-3-4-8-20(19)27(22(23)28)16-15-26-13-5-2-6-14-26/h3-4,7-12,25H,2,5-6,13-16H2,1H3/p+1/t23-/m0/s1. The summed E-state index contributed by atoms with van der Waals surface area (Å²) in [5.74, 6) is 0.103. The highest BCUT2D eigenvalue weighted by molar-refractivity contribution is 8.16. The molecular formula is C23H27N4OS+. The molecule has 0 unspecified atom stereocenters. The molecule has 1 saturated heterocycles. The number of nitrogens with one attached hydrogen (secondary N) is 2. The lowest BCUT2D eigenvalue weighted by Crippen LogP contribution is -3.13. The lowest BCUT2D eigenvalue weighted by Gasteiger charge is -2.27. The summed E-state index contributed by atoms with van der Waals surface area (Å²) >= 11 is 1.54. The van der Waals surface area contributed by atoms with Crippen LogP contribution in [0, 0.1) is 6.92 Å². The molecule has 29 heavy (non-hydrogen) atoms. The molecule has 5 nitrogen and oxygen atoms in total. The molecule has 2 aromatic rings. The van der Waals surface area contributed by atoms with Gasteiger partial charge >= 0.3 is 0 Å². The topological polar surface area (TPSA) is 49.1 Å². The number of aryl methyl sites for hydroxylation is 1. The van der Waals surface area contributed by atoms with Crippen LogP contribution in [0.5, 0.6) is 0 Å². The molecule has 3 aliphatic heterocycles. The fraction of sp³-hybridized carbons (Fsp3) is 0.391. The van der Waals surface area contributed by atoms with E-state index in [9.17, 15) is 4.79 Å². The maximum atomic E-state index is 13.7. The van der Waals surface area contributed by atoms with Crippen LogP contribution in [0.25, 0.3) is 0 Å². The summed E-state index contributed by atoms with van der Waals surface area (Å²) in [4.78, 5) is 16.4. The smallest absolute Gasteiger partial charge is 0.270 e. The zero-order chi connectivity index (χ0) is 19.8. The minimum Gasteiger partial charge on any atom is -0.333 e. The van der Waals surface area contributed by atoms with Crippen LogP contribution in [0.3, 0.4) is 0 Å². The van der Waals surface area contributed by atoms with Crippen molar-refractivity contribution in [1.82, 2.24) is 5.43 Å². The Bertz CT molecular complexity index is 952. The van der Waals surface area contributed by atoms with E-state index in [1.165, 1.54) is 49.7 Å². The minimum atomic E-state index is -0.839. The van der Waals surface area contributed by atoms with Crippen LogP contribution in [0.15, 0.2) is 53.6 Å². The van der Waals surface area contributed by atoms with Gasteiger partial charge in [0.15, 0.2) is 0 Å². The number of carbonyl (C=O) groups excluding carboxylic acids is 1. The van der Waals surface area contributed by atoms with Crippen molar-refractivity contribution in [1.29, 1.82) is 0 Å². The number of nitrogens with zero attached hydrogens (tertiary/aromatic N) is 2. The molecule has 1 fully saturated rings. The van der Waals surface area contributed by atoms with Crippen LogP contribution in [0.1, 0.15) is 36.0 Å². The Balaban J connectivity index is 1.39. The lowest BCUT2D eigenvalue weighted by atomic mass is 10.1. The molecule has 2 N–H and O–H groups in total. The van der Waals surface area contributed by atoms with Crippen LogP contribution in [0.4, 0.5) is 5.69 Å². The zero-order valence-electron chi connectivity index (χ0n) is 16.8. The number of thioether (sulfide) groups is 1. The number of benzene rings is 2. The fourth-order valence-electron chi connectivity index (χ4n) is 4.56. The van der Waals surface area contributed by atoms with Crippen molar-refractivity contribution in [2.24, 2.45) is 5.10 Å². The van der Waals surface area contributed by atoms with Gasteiger partial charge in [-0.1, -0.05) is 59.8 Å². The van der Waals surface area contributed by atoms with Gasteiger partial charge in [-0.25, -0.2) is 0 Å². The van der Waals surface area contributed by atoms with Crippen molar-refractivity contribution in [3.8, 4) is 0 Å². The van der Waals surface area contributed by atoms with E-state index >= 15 is 0 Å². The molecule has 0 aromatic heterocycles. The zero-order valence-corrected chi connectivity index (χ0v) is 17.6. The molecule has 3 heterocycles. The fourth-order valence-corrected chi connectivity index (χ4v) is 5.77. The molecule has 3 aliphatic rings. The predicted molar refractivity (Wildman–Crippen MR) is 118 cm³/mol. The number of anilines is 1. The lowest BCUT2D eigenvalue weighted by molar-refractivity contribution is -0.903. The van der Waals surface area contributed by atoms with Crippen LogP contribution in [0.2, 0.25) is 0 Å². The largest absolute Gasteiger partial charge is 0.333 e. The second-order valence-electron chi connectivity index (χ2n) is 8.21. The van der Waals surface area contributed by atoms with E-state index in [-0.39, 0.29) is 5.91 Å². The van der Waals surface area contributed by atoms with Gasteiger partial charge in [-0.05, 0) is 32.3 Å². The van der Waals surface area contributed by atoms with Crippen LogP contribution in [-0.4, -0.2) is 37.1 Å². The third kappa shape index (κ3) is 3.24. The van der Waals surface area contributed by atoms with E-state index in [0.29, 0.717) is 0 Å². The summed E-state index contributed by atoms with van der Waals surface area (Å²) < 4.78 is 0. The van der Waals surface area contributed by atoms with Gasteiger partial charge in [-0.3, -0.25) is 10.2 Å². The first-order valence-corrected chi connectivity index (χ1v) is 11.3. The van der Waals surface area contributed by atoms with Crippen LogP contribution < -0.4 is 15.2 Å². The third-order valence-corrected chi connectivity index (χ3v) is 7.55. The Labute approximate surface area is 176 Å². The van der Waals surface area contributed by atoms with Gasteiger partial charge < -0.3 is 9.80 Å². The van der Waals surface area contributed by atoms with Gasteiger partial charge in [-0.2, -0.15) is 5.10 Å². The minimum absolute atomic E-state index is 0.103. The van der Waals surface area contributed by atoms with Crippen molar-refractivity contribution in [2.45, 2.75) is 31.1 Å². The van der Waals surface area contributed by atoms with Crippen molar-refractivity contribution in [3.05, 3.63) is 65.2 Å². The number of hydrogen-bond acceptors (Lipinski definition) is 4. The molecule has 0 bridgehead atoms. The summed E-state index contributed by atoms with van der Waals surface area (Å²) in [7, 11) is 0. The molecule has 1 spiro atoms. The second kappa shape index (κ2) is 7.50. The number of para-hydroxylation sites is 1. The molecule has 5 rings (SSSR count). The average Bonchev–Trinajstić information content (AvgIpc) is 3.30. The molecular weight excluding hydrogens is 380 g/mol. The molecule has 0 radical (unpaired) electrons. The number of amides is 1. The molecule has 1 atom stereocenters. The number of hydrazone groups is 1. The van der Waals surface area contributed by atoms with Crippen molar-refractivity contribution in [2.75, 3.05) is 31.1 Å². The maximum Gasteiger partial charge on any atom is 0.270 e. The molecule has 1 amide bonds. The highest BCUT2D eigenvalue weighted by Gasteiger charge is 2.55. The maximum absolute atomic E-state index is 13.7. The Kier molecular flexibility index (Phi) is 4.84. The van der Waals surface area contributed by atoms with Crippen molar-refractivity contribution in [3.63, 3.8) is 0 Å². The number of piperidine rings is 1. The number of hydrogen-bond donors (Lipinski definition) is 2. The normalized spacial score (nSPS) is 24.0. The van der Waals surface area contributed by atoms with E-state index in [1.54, 1.807) is 4.90 Å². The summed E-state index contributed by atoms with van der Waals surface area (Å²) in [6, 6.07) is 16.5. The van der Waals surface area contributed by atoms with Crippen LogP contribution >= 0.6 is 11.8 Å². The quantitative estimate of drug-likeness (QED) is 0.818. The first-order chi connectivity index (χ1) is 14.2. The number of quaternary nitrogens is 1. The monoisotopic (exact) mass is 407 g/mol. The van der Waals surface area contributed by atoms with Gasteiger partial charge in [0.25, 0.3) is 5.91 Å². The number of rotatable bonds is 4. The number of fused-ring (bicyclic) bond motifs is 2. The van der Waals surface area contributed by atoms with E-state index in [2.05, 4.69) is 53.8 Å². The Morgan fingerprint density at radius 3 is 2.66 bits per heavy atom. The van der Waals surface area contributed by atoms with Gasteiger partial charge in [0, 0.05) is 11.1 Å². The summed E-state index contributed by atoms with van der Waals surface area (Å²) in [6.07, 6.45) is 3.95. The third-order valence-electron chi connectivity index (χ3n) is 6.23. The molecule has 0 aliphatic carbocycles. The van der Waals surface area contributed by atoms with Gasteiger partial charge in [0.1, 0.15) is 5.04 Å². The Morgan fingerprint density at radius 1 is 1.10 bits per heavy atom. The number of carbonyl (C=O) groups is 1.